The van der Waals surface area contributed by atoms with Crippen molar-refractivity contribution in [3.8, 4) is 0 Å². The SMILES string of the molecule is Cc1ccc(C(=O)O)cc1N=C1NC(=O)C(=Cc2ccco2)S1. The van der Waals surface area contributed by atoms with Crippen molar-refractivity contribution in [2.45, 2.75) is 6.92 Å². The van der Waals surface area contributed by atoms with Crippen LogP contribution in [-0.4, -0.2) is 22.2 Å². The predicted octanol–water partition coefficient (Wildman–Crippen LogP) is 3.18. The third-order valence-corrected chi connectivity index (χ3v) is 4.06. The van der Waals surface area contributed by atoms with E-state index in [1.165, 1.54) is 30.2 Å². The zero-order valence-electron chi connectivity index (χ0n) is 12.1. The number of carbonyl (C=O) groups excluding carboxylic acids is 1. The van der Waals surface area contributed by atoms with E-state index in [0.717, 1.165) is 5.56 Å². The molecule has 0 bridgehead atoms. The van der Waals surface area contributed by atoms with Crippen LogP contribution in [0.1, 0.15) is 21.7 Å². The van der Waals surface area contributed by atoms with Gasteiger partial charge in [-0.1, -0.05) is 6.07 Å². The monoisotopic (exact) mass is 328 g/mol. The number of benzene rings is 1. The number of thioether (sulfide) groups is 1. The van der Waals surface area contributed by atoms with Gasteiger partial charge in [-0.3, -0.25) is 4.79 Å². The molecule has 1 aliphatic rings. The van der Waals surface area contributed by atoms with Gasteiger partial charge in [-0.15, -0.1) is 0 Å². The number of carbonyl (C=O) groups is 2. The number of carboxylic acids is 1. The Kier molecular flexibility index (Phi) is 4.03. The predicted molar refractivity (Wildman–Crippen MR) is 87.7 cm³/mol. The lowest BCUT2D eigenvalue weighted by molar-refractivity contribution is -0.115. The molecule has 0 radical (unpaired) electrons. The van der Waals surface area contributed by atoms with Crippen molar-refractivity contribution in [1.82, 2.24) is 5.32 Å². The minimum atomic E-state index is -1.02. The summed E-state index contributed by atoms with van der Waals surface area (Å²) in [5.41, 5.74) is 1.48. The van der Waals surface area contributed by atoms with E-state index < -0.39 is 5.97 Å². The Morgan fingerprint density at radius 1 is 1.39 bits per heavy atom. The zero-order valence-corrected chi connectivity index (χ0v) is 12.9. The Morgan fingerprint density at radius 3 is 2.91 bits per heavy atom. The van der Waals surface area contributed by atoms with Crippen molar-refractivity contribution in [3.63, 3.8) is 0 Å². The lowest BCUT2D eigenvalue weighted by atomic mass is 10.1. The van der Waals surface area contributed by atoms with Gasteiger partial charge >= 0.3 is 5.97 Å². The third kappa shape index (κ3) is 3.35. The molecule has 2 N–H and O–H groups in total. The number of carboxylic acid groups (broad SMARTS) is 1. The standard InChI is InChI=1S/C16H12N2O4S/c1-9-4-5-10(15(20)21)7-12(9)17-16-18-14(19)13(23-16)8-11-3-2-6-22-11/h2-8H,1H3,(H,20,21)(H,17,18,19). The molecule has 7 heteroatoms. The van der Waals surface area contributed by atoms with E-state index >= 15 is 0 Å². The van der Waals surface area contributed by atoms with Crippen molar-refractivity contribution < 1.29 is 19.1 Å². The minimum Gasteiger partial charge on any atom is -0.478 e. The van der Waals surface area contributed by atoms with Crippen LogP contribution in [0.4, 0.5) is 5.69 Å². The minimum absolute atomic E-state index is 0.149. The number of amidine groups is 1. The van der Waals surface area contributed by atoms with Gasteiger partial charge in [-0.05, 0) is 48.5 Å². The Hall–Kier alpha value is -2.80. The first-order valence-corrected chi connectivity index (χ1v) is 7.51. The van der Waals surface area contributed by atoms with E-state index in [-0.39, 0.29) is 11.5 Å². The summed E-state index contributed by atoms with van der Waals surface area (Å²) in [5, 5.41) is 12.1. The number of nitrogens with zero attached hydrogens (tertiary/aromatic N) is 1. The summed E-state index contributed by atoms with van der Waals surface area (Å²) < 4.78 is 5.18. The molecule has 0 spiro atoms. The molecule has 2 aromatic rings. The van der Waals surface area contributed by atoms with Gasteiger partial charge in [0.05, 0.1) is 22.4 Å². The molecule has 1 aromatic carbocycles. The number of hydrogen-bond donors (Lipinski definition) is 2. The molecule has 116 valence electrons. The van der Waals surface area contributed by atoms with Crippen molar-refractivity contribution in [2.75, 3.05) is 0 Å². The van der Waals surface area contributed by atoms with Crippen LogP contribution < -0.4 is 5.32 Å². The van der Waals surface area contributed by atoms with Crippen LogP contribution >= 0.6 is 11.8 Å². The van der Waals surface area contributed by atoms with E-state index in [1.54, 1.807) is 24.3 Å². The Labute approximate surface area is 135 Å². The van der Waals surface area contributed by atoms with Crippen LogP contribution in [0.5, 0.6) is 0 Å². The molecule has 6 nitrogen and oxygen atoms in total. The maximum Gasteiger partial charge on any atom is 0.335 e. The molecule has 0 saturated carbocycles. The van der Waals surface area contributed by atoms with Crippen molar-refractivity contribution >= 4 is 40.6 Å². The summed E-state index contributed by atoms with van der Waals surface area (Å²) in [6.45, 7) is 1.83. The number of aromatic carboxylic acids is 1. The maximum atomic E-state index is 11.9. The third-order valence-electron chi connectivity index (χ3n) is 3.15. The number of furan rings is 1. The van der Waals surface area contributed by atoms with Crippen LogP contribution in [0.2, 0.25) is 0 Å². The quantitative estimate of drug-likeness (QED) is 0.844. The number of aliphatic imine (C=N–C) groups is 1. The van der Waals surface area contributed by atoms with E-state index in [9.17, 15) is 9.59 Å². The highest BCUT2D eigenvalue weighted by atomic mass is 32.2. The second kappa shape index (κ2) is 6.13. The van der Waals surface area contributed by atoms with Crippen molar-refractivity contribution in [1.29, 1.82) is 0 Å². The van der Waals surface area contributed by atoms with Crippen LogP contribution in [-0.2, 0) is 4.79 Å². The highest BCUT2D eigenvalue weighted by Crippen LogP contribution is 2.29. The maximum absolute atomic E-state index is 11.9. The van der Waals surface area contributed by atoms with Crippen LogP contribution in [0.25, 0.3) is 6.08 Å². The molecule has 3 rings (SSSR count). The number of hydrogen-bond acceptors (Lipinski definition) is 5. The molecule has 0 atom stereocenters. The average molecular weight is 328 g/mol. The molecular weight excluding hydrogens is 316 g/mol. The molecule has 1 saturated heterocycles. The van der Waals surface area contributed by atoms with Gasteiger partial charge in [0, 0.05) is 6.08 Å². The van der Waals surface area contributed by atoms with E-state index in [1.807, 2.05) is 6.92 Å². The topological polar surface area (TPSA) is 91.9 Å². The van der Waals surface area contributed by atoms with Gasteiger partial charge in [0.2, 0.25) is 0 Å². The molecular formula is C16H12N2O4S. The van der Waals surface area contributed by atoms with Gasteiger partial charge in [0.15, 0.2) is 5.17 Å². The van der Waals surface area contributed by atoms with Gasteiger partial charge in [0.1, 0.15) is 5.76 Å². The molecule has 0 unspecified atom stereocenters. The van der Waals surface area contributed by atoms with Gasteiger partial charge in [-0.25, -0.2) is 9.79 Å². The largest absolute Gasteiger partial charge is 0.478 e. The number of rotatable bonds is 3. The lowest BCUT2D eigenvalue weighted by Crippen LogP contribution is -2.19. The number of aryl methyl sites for hydroxylation is 1. The second-order valence-corrected chi connectivity index (χ2v) is 5.83. The first-order valence-electron chi connectivity index (χ1n) is 6.70. The first-order chi connectivity index (χ1) is 11.0. The number of nitrogens with one attached hydrogen (secondary N) is 1. The highest BCUT2D eigenvalue weighted by Gasteiger charge is 2.24. The fourth-order valence-electron chi connectivity index (χ4n) is 1.96. The molecule has 1 amide bonds. The molecule has 0 aliphatic carbocycles. The second-order valence-electron chi connectivity index (χ2n) is 4.80. The summed E-state index contributed by atoms with van der Waals surface area (Å²) in [4.78, 5) is 27.8. The first kappa shape index (κ1) is 15.1. The smallest absolute Gasteiger partial charge is 0.335 e. The van der Waals surface area contributed by atoms with E-state index in [2.05, 4.69) is 10.3 Å². The fourth-order valence-corrected chi connectivity index (χ4v) is 2.77. The van der Waals surface area contributed by atoms with Crippen molar-refractivity contribution in [3.05, 3.63) is 58.4 Å². The molecule has 1 aromatic heterocycles. The molecule has 2 heterocycles. The Bertz CT molecular complexity index is 838. The van der Waals surface area contributed by atoms with Crippen LogP contribution in [0.15, 0.2) is 50.9 Å². The normalized spacial score (nSPS) is 17.7. The van der Waals surface area contributed by atoms with Crippen molar-refractivity contribution in [2.24, 2.45) is 4.99 Å². The van der Waals surface area contributed by atoms with Gasteiger partial charge in [-0.2, -0.15) is 0 Å². The van der Waals surface area contributed by atoms with E-state index in [0.29, 0.717) is 21.5 Å². The van der Waals surface area contributed by atoms with Crippen LogP contribution in [0, 0.1) is 6.92 Å². The lowest BCUT2D eigenvalue weighted by Gasteiger charge is -2.03. The zero-order chi connectivity index (χ0) is 16.4. The Morgan fingerprint density at radius 2 is 2.22 bits per heavy atom. The average Bonchev–Trinajstić information content (AvgIpc) is 3.12. The summed E-state index contributed by atoms with van der Waals surface area (Å²) in [5.74, 6) is -0.710. The van der Waals surface area contributed by atoms with E-state index in [4.69, 9.17) is 9.52 Å². The molecule has 1 fully saturated rings. The summed E-state index contributed by atoms with van der Waals surface area (Å²) >= 11 is 1.18. The molecule has 1 aliphatic heterocycles. The fraction of sp³-hybridized carbons (Fsp3) is 0.0625. The molecule has 23 heavy (non-hydrogen) atoms. The summed E-state index contributed by atoms with van der Waals surface area (Å²) in [6.07, 6.45) is 3.16. The van der Waals surface area contributed by atoms with Crippen LogP contribution in [0.3, 0.4) is 0 Å². The van der Waals surface area contributed by atoms with Gasteiger partial charge in [0.25, 0.3) is 5.91 Å². The number of amides is 1. The van der Waals surface area contributed by atoms with Gasteiger partial charge < -0.3 is 14.8 Å². The summed E-state index contributed by atoms with van der Waals surface area (Å²) in [6, 6.07) is 8.16. The Balaban J connectivity index is 1.89. The highest BCUT2D eigenvalue weighted by molar-refractivity contribution is 8.18. The summed E-state index contributed by atoms with van der Waals surface area (Å²) in [7, 11) is 0.